The van der Waals surface area contributed by atoms with Crippen molar-refractivity contribution in [3.63, 3.8) is 0 Å². The lowest BCUT2D eigenvalue weighted by Gasteiger charge is -2.20. The Morgan fingerprint density at radius 1 is 1.26 bits per heavy atom. The maximum Gasteiger partial charge on any atom is 0.254 e. The molecule has 0 spiro atoms. The molecule has 1 aliphatic heterocycles. The lowest BCUT2D eigenvalue weighted by atomic mass is 9.98. The molecule has 0 aromatic heterocycles. The zero-order valence-corrected chi connectivity index (χ0v) is 11.7. The average Bonchev–Trinajstić information content (AvgIpc) is 2.95. The maximum atomic E-state index is 12.6. The van der Waals surface area contributed by atoms with Crippen LogP contribution in [0.5, 0.6) is 0 Å². The molecular formula is C16H22N2O. The van der Waals surface area contributed by atoms with Gasteiger partial charge in [0.15, 0.2) is 0 Å². The molecule has 1 aromatic rings. The first kappa shape index (κ1) is 12.7. The van der Waals surface area contributed by atoms with Crippen molar-refractivity contribution < 1.29 is 4.79 Å². The summed E-state index contributed by atoms with van der Waals surface area (Å²) < 4.78 is 0. The van der Waals surface area contributed by atoms with E-state index in [0.29, 0.717) is 17.9 Å². The summed E-state index contributed by atoms with van der Waals surface area (Å²) in [5.74, 6) is 1.33. The predicted molar refractivity (Wildman–Crippen MR) is 76.0 cm³/mol. The van der Waals surface area contributed by atoms with Gasteiger partial charge in [0.2, 0.25) is 0 Å². The van der Waals surface area contributed by atoms with E-state index in [1.807, 2.05) is 24.0 Å². The van der Waals surface area contributed by atoms with Crippen LogP contribution in [-0.2, 0) is 0 Å². The highest BCUT2D eigenvalue weighted by atomic mass is 16.2. The summed E-state index contributed by atoms with van der Waals surface area (Å²) in [6, 6.07) is 6.26. The van der Waals surface area contributed by atoms with Crippen molar-refractivity contribution in [1.82, 2.24) is 4.90 Å². The van der Waals surface area contributed by atoms with Crippen LogP contribution in [0, 0.1) is 25.7 Å². The average molecular weight is 258 g/mol. The third-order valence-corrected chi connectivity index (χ3v) is 5.03. The lowest BCUT2D eigenvalue weighted by molar-refractivity contribution is 0.0779. The Balaban J connectivity index is 1.81. The molecule has 19 heavy (non-hydrogen) atoms. The first-order valence-electron chi connectivity index (χ1n) is 7.19. The van der Waals surface area contributed by atoms with E-state index in [-0.39, 0.29) is 5.91 Å². The molecule has 3 nitrogen and oxygen atoms in total. The zero-order chi connectivity index (χ0) is 13.6. The number of hydrogen-bond donors (Lipinski definition) is 1. The Hall–Kier alpha value is -1.35. The third kappa shape index (κ3) is 2.06. The SMILES string of the molecule is Cc1cccc(C(=O)N2CC3CCC(N)C3C2)c1C. The van der Waals surface area contributed by atoms with Crippen LogP contribution >= 0.6 is 0 Å². The van der Waals surface area contributed by atoms with Crippen molar-refractivity contribution in [2.24, 2.45) is 17.6 Å². The number of amides is 1. The second kappa shape index (κ2) is 4.64. The van der Waals surface area contributed by atoms with Crippen LogP contribution in [0.15, 0.2) is 18.2 Å². The van der Waals surface area contributed by atoms with Crippen LogP contribution in [0.25, 0.3) is 0 Å². The van der Waals surface area contributed by atoms with Crippen molar-refractivity contribution in [2.75, 3.05) is 13.1 Å². The van der Waals surface area contributed by atoms with Gasteiger partial charge in [-0.3, -0.25) is 4.79 Å². The van der Waals surface area contributed by atoms with Crippen molar-refractivity contribution in [3.8, 4) is 0 Å². The Labute approximate surface area is 114 Å². The van der Waals surface area contributed by atoms with Crippen LogP contribution in [0.2, 0.25) is 0 Å². The molecule has 0 radical (unpaired) electrons. The molecule has 2 N–H and O–H groups in total. The van der Waals surface area contributed by atoms with Crippen LogP contribution in [0.4, 0.5) is 0 Å². The largest absolute Gasteiger partial charge is 0.338 e. The number of likely N-dealkylation sites (tertiary alicyclic amines) is 1. The fourth-order valence-electron chi connectivity index (χ4n) is 3.63. The number of hydrogen-bond acceptors (Lipinski definition) is 2. The third-order valence-electron chi connectivity index (χ3n) is 5.03. The lowest BCUT2D eigenvalue weighted by Crippen LogP contribution is -2.33. The van der Waals surface area contributed by atoms with Gasteiger partial charge in [0.05, 0.1) is 0 Å². The van der Waals surface area contributed by atoms with Crippen molar-refractivity contribution >= 4 is 5.91 Å². The second-order valence-electron chi connectivity index (χ2n) is 6.12. The fourth-order valence-corrected chi connectivity index (χ4v) is 3.63. The minimum Gasteiger partial charge on any atom is -0.338 e. The number of rotatable bonds is 1. The van der Waals surface area contributed by atoms with E-state index in [2.05, 4.69) is 13.0 Å². The van der Waals surface area contributed by atoms with Crippen LogP contribution in [0.1, 0.15) is 34.3 Å². The van der Waals surface area contributed by atoms with E-state index in [1.54, 1.807) is 0 Å². The minimum atomic E-state index is 0.183. The number of carbonyl (C=O) groups excluding carboxylic acids is 1. The zero-order valence-electron chi connectivity index (χ0n) is 11.7. The van der Waals surface area contributed by atoms with Crippen LogP contribution < -0.4 is 5.73 Å². The van der Waals surface area contributed by atoms with Gasteiger partial charge in [-0.05, 0) is 55.7 Å². The van der Waals surface area contributed by atoms with E-state index < -0.39 is 0 Å². The summed E-state index contributed by atoms with van der Waals surface area (Å²) >= 11 is 0. The van der Waals surface area contributed by atoms with E-state index in [4.69, 9.17) is 5.73 Å². The Kier molecular flexibility index (Phi) is 3.09. The monoisotopic (exact) mass is 258 g/mol. The van der Waals surface area contributed by atoms with Gasteiger partial charge < -0.3 is 10.6 Å². The Morgan fingerprint density at radius 2 is 2.05 bits per heavy atom. The van der Waals surface area contributed by atoms with Crippen LogP contribution in [0.3, 0.4) is 0 Å². The molecular weight excluding hydrogens is 236 g/mol. The molecule has 1 saturated carbocycles. The summed E-state index contributed by atoms with van der Waals surface area (Å²) in [5.41, 5.74) is 9.28. The normalized spacial score (nSPS) is 29.6. The summed E-state index contributed by atoms with van der Waals surface area (Å²) in [6.45, 7) is 5.83. The molecule has 1 aromatic carbocycles. The molecule has 3 rings (SSSR count). The molecule has 102 valence electrons. The number of aryl methyl sites for hydroxylation is 1. The summed E-state index contributed by atoms with van der Waals surface area (Å²) in [5, 5.41) is 0. The van der Waals surface area contributed by atoms with Gasteiger partial charge in [0.25, 0.3) is 5.91 Å². The van der Waals surface area contributed by atoms with E-state index in [9.17, 15) is 4.79 Å². The van der Waals surface area contributed by atoms with Crippen molar-refractivity contribution in [3.05, 3.63) is 34.9 Å². The molecule has 3 atom stereocenters. The second-order valence-corrected chi connectivity index (χ2v) is 6.12. The van der Waals surface area contributed by atoms with Crippen LogP contribution in [-0.4, -0.2) is 29.9 Å². The molecule has 3 heteroatoms. The van der Waals surface area contributed by atoms with E-state index >= 15 is 0 Å². The summed E-state index contributed by atoms with van der Waals surface area (Å²) in [6.07, 6.45) is 2.31. The number of fused-ring (bicyclic) bond motifs is 1. The summed E-state index contributed by atoms with van der Waals surface area (Å²) in [4.78, 5) is 14.7. The van der Waals surface area contributed by atoms with Crippen molar-refractivity contribution in [1.29, 1.82) is 0 Å². The highest BCUT2D eigenvalue weighted by Crippen LogP contribution is 2.37. The molecule has 1 aliphatic carbocycles. The van der Waals surface area contributed by atoms with E-state index in [0.717, 1.165) is 30.6 Å². The highest BCUT2D eigenvalue weighted by Gasteiger charge is 2.42. The molecule has 2 fully saturated rings. The van der Waals surface area contributed by atoms with Gasteiger partial charge in [-0.1, -0.05) is 12.1 Å². The Morgan fingerprint density at radius 3 is 2.79 bits per heavy atom. The summed E-state index contributed by atoms with van der Waals surface area (Å²) in [7, 11) is 0. The van der Waals surface area contributed by atoms with Gasteiger partial charge in [0, 0.05) is 24.7 Å². The van der Waals surface area contributed by atoms with Gasteiger partial charge in [-0.15, -0.1) is 0 Å². The Bertz CT molecular complexity index is 511. The fraction of sp³-hybridized carbons (Fsp3) is 0.562. The minimum absolute atomic E-state index is 0.183. The molecule has 2 aliphatic rings. The first-order chi connectivity index (χ1) is 9.08. The molecule has 1 heterocycles. The molecule has 0 bridgehead atoms. The quantitative estimate of drug-likeness (QED) is 0.838. The van der Waals surface area contributed by atoms with Gasteiger partial charge in [-0.2, -0.15) is 0 Å². The van der Waals surface area contributed by atoms with E-state index in [1.165, 1.54) is 12.0 Å². The first-order valence-corrected chi connectivity index (χ1v) is 7.19. The van der Waals surface area contributed by atoms with Gasteiger partial charge in [0.1, 0.15) is 0 Å². The number of benzene rings is 1. The number of carbonyl (C=O) groups is 1. The molecule has 1 saturated heterocycles. The smallest absolute Gasteiger partial charge is 0.254 e. The predicted octanol–water partition coefficient (Wildman–Crippen LogP) is 2.11. The highest BCUT2D eigenvalue weighted by molar-refractivity contribution is 5.96. The number of nitrogens with zero attached hydrogens (tertiary/aromatic N) is 1. The number of nitrogens with two attached hydrogens (primary N) is 1. The van der Waals surface area contributed by atoms with Gasteiger partial charge in [-0.25, -0.2) is 0 Å². The molecule has 1 amide bonds. The molecule has 3 unspecified atom stereocenters. The standard InChI is InChI=1S/C16H22N2O/c1-10-4-3-5-13(11(10)2)16(19)18-8-12-6-7-15(17)14(12)9-18/h3-5,12,14-15H,6-9,17H2,1-2H3. The van der Waals surface area contributed by atoms with Gasteiger partial charge >= 0.3 is 0 Å². The van der Waals surface area contributed by atoms with Crippen molar-refractivity contribution in [2.45, 2.75) is 32.7 Å². The topological polar surface area (TPSA) is 46.3 Å². The maximum absolute atomic E-state index is 12.6.